The van der Waals surface area contributed by atoms with Gasteiger partial charge in [0.2, 0.25) is 5.91 Å². The van der Waals surface area contributed by atoms with E-state index in [2.05, 4.69) is 0 Å². The van der Waals surface area contributed by atoms with Gasteiger partial charge in [-0.3, -0.25) is 4.79 Å². The third kappa shape index (κ3) is 4.22. The van der Waals surface area contributed by atoms with Crippen LogP contribution in [0.1, 0.15) is 12.0 Å². The summed E-state index contributed by atoms with van der Waals surface area (Å²) in [6.07, 6.45) is 0.0751. The lowest BCUT2D eigenvalue weighted by atomic mass is 10.1. The van der Waals surface area contributed by atoms with Crippen molar-refractivity contribution in [3.8, 4) is 0 Å². The van der Waals surface area contributed by atoms with E-state index in [0.29, 0.717) is 17.7 Å². The van der Waals surface area contributed by atoms with E-state index in [1.54, 1.807) is 0 Å². The zero-order valence-corrected chi connectivity index (χ0v) is 9.32. The van der Waals surface area contributed by atoms with Crippen LogP contribution >= 0.6 is 10.2 Å². The van der Waals surface area contributed by atoms with Crippen LogP contribution in [0.4, 0.5) is 19.4 Å². The van der Waals surface area contributed by atoms with Crippen LogP contribution in [0.15, 0.2) is 29.2 Å². The maximum atomic E-state index is 12.3. The molecule has 0 saturated carbocycles. The van der Waals surface area contributed by atoms with Gasteiger partial charge in [0.15, 0.2) is 0 Å². The molecule has 0 saturated heterocycles. The number of carbonyl (C=O) groups is 1. The zero-order chi connectivity index (χ0) is 13.4. The first-order valence-electron chi connectivity index (χ1n) is 4.50. The molecule has 0 aromatic heterocycles. The molecule has 1 rings (SSSR count). The number of halogens is 5. The smallest absolute Gasteiger partial charge is 0.310 e. The number of primary amides is 1. The van der Waals surface area contributed by atoms with E-state index in [1.165, 1.54) is 0 Å². The molecule has 2 N–H and O–H groups in total. The molecule has 1 amide bonds. The summed E-state index contributed by atoms with van der Waals surface area (Å²) in [4.78, 5) is 8.49. The van der Waals surface area contributed by atoms with Gasteiger partial charge < -0.3 is 5.73 Å². The Bertz CT molecular complexity index is 438. The molecular weight excluding hydrogens is 265 g/mol. The summed E-state index contributed by atoms with van der Waals surface area (Å²) in [5, 5.41) is 0. The third-order valence-electron chi connectivity index (χ3n) is 2.03. The molecular formula is C9H10F5NOS. The molecule has 1 aromatic carbocycles. The summed E-state index contributed by atoms with van der Waals surface area (Å²) in [5.41, 5.74) is 5.19. The second-order valence-electron chi connectivity index (χ2n) is 3.58. The summed E-state index contributed by atoms with van der Waals surface area (Å²) >= 11 is 0. The minimum absolute atomic E-state index is 0.0459. The van der Waals surface area contributed by atoms with Gasteiger partial charge in [-0.2, -0.15) is 0 Å². The summed E-state index contributed by atoms with van der Waals surface area (Å²) < 4.78 is 61.6. The fourth-order valence-corrected chi connectivity index (χ4v) is 1.83. The average Bonchev–Trinajstić information content (AvgIpc) is 2.12. The molecule has 0 atom stereocenters. The molecule has 0 aliphatic rings. The SMILES string of the molecule is NC(=O)CCc1ccc(S(F)(F)(F)(F)F)cc1. The van der Waals surface area contributed by atoms with E-state index < -0.39 is 21.0 Å². The van der Waals surface area contributed by atoms with Crippen molar-refractivity contribution in [3.63, 3.8) is 0 Å². The van der Waals surface area contributed by atoms with Crippen LogP contribution in [-0.2, 0) is 11.2 Å². The summed E-state index contributed by atoms with van der Waals surface area (Å²) in [5.74, 6) is -0.609. The minimum atomic E-state index is -9.59. The highest BCUT2D eigenvalue weighted by atomic mass is 32.5. The number of hydrogen-bond acceptors (Lipinski definition) is 1. The second kappa shape index (κ2) is 3.34. The first kappa shape index (κ1) is 13.8. The van der Waals surface area contributed by atoms with Crippen LogP contribution in [0.2, 0.25) is 0 Å². The van der Waals surface area contributed by atoms with Crippen LogP contribution in [0.3, 0.4) is 0 Å². The molecule has 2 nitrogen and oxygen atoms in total. The minimum Gasteiger partial charge on any atom is -0.370 e. The molecule has 98 valence electrons. The fraction of sp³-hybridized carbons (Fsp3) is 0.222. The number of hydrogen-bond donors (Lipinski definition) is 1. The molecule has 8 heteroatoms. The van der Waals surface area contributed by atoms with Crippen molar-refractivity contribution in [2.24, 2.45) is 5.73 Å². The summed E-state index contributed by atoms with van der Waals surface area (Å²) in [6, 6.07) is 2.46. The number of nitrogens with two attached hydrogens (primary N) is 1. The van der Waals surface area contributed by atoms with Crippen molar-refractivity contribution in [2.45, 2.75) is 17.7 Å². The Labute approximate surface area is 94.3 Å². The average molecular weight is 275 g/mol. The number of benzene rings is 1. The quantitative estimate of drug-likeness (QED) is 0.835. The Kier molecular flexibility index (Phi) is 2.71. The molecule has 0 fully saturated rings. The summed E-state index contributed by atoms with van der Waals surface area (Å²) in [7, 11) is -9.59. The van der Waals surface area contributed by atoms with Gasteiger partial charge in [0.25, 0.3) is 0 Å². The largest absolute Gasteiger partial charge is 0.370 e. The maximum Gasteiger partial charge on any atom is 0.310 e. The van der Waals surface area contributed by atoms with E-state index >= 15 is 0 Å². The summed E-state index contributed by atoms with van der Waals surface area (Å²) in [6.45, 7) is 0. The van der Waals surface area contributed by atoms with Gasteiger partial charge in [0.05, 0.1) is 0 Å². The van der Waals surface area contributed by atoms with Crippen molar-refractivity contribution in [2.75, 3.05) is 0 Å². The Morgan fingerprint density at radius 3 is 1.88 bits per heavy atom. The highest BCUT2D eigenvalue weighted by Crippen LogP contribution is 3.02. The second-order valence-corrected chi connectivity index (χ2v) is 5.99. The molecule has 0 spiro atoms. The van der Waals surface area contributed by atoms with Crippen molar-refractivity contribution >= 4 is 16.1 Å². The fourth-order valence-electron chi connectivity index (χ4n) is 1.18. The molecule has 17 heavy (non-hydrogen) atoms. The van der Waals surface area contributed by atoms with Crippen molar-refractivity contribution in [1.29, 1.82) is 0 Å². The highest BCUT2D eigenvalue weighted by molar-refractivity contribution is 8.45. The van der Waals surface area contributed by atoms with Crippen LogP contribution in [-0.4, -0.2) is 5.91 Å². The molecule has 0 unspecified atom stereocenters. The van der Waals surface area contributed by atoms with E-state index in [1.807, 2.05) is 0 Å². The molecule has 0 aliphatic heterocycles. The lowest BCUT2D eigenvalue weighted by Crippen LogP contribution is -2.11. The van der Waals surface area contributed by atoms with Gasteiger partial charge in [0, 0.05) is 6.42 Å². The maximum absolute atomic E-state index is 12.3. The lowest BCUT2D eigenvalue weighted by molar-refractivity contribution is -0.117. The van der Waals surface area contributed by atoms with Crippen molar-refractivity contribution < 1.29 is 24.2 Å². The van der Waals surface area contributed by atoms with Crippen molar-refractivity contribution in [3.05, 3.63) is 29.8 Å². The van der Waals surface area contributed by atoms with E-state index in [0.717, 1.165) is 12.1 Å². The molecule has 0 aliphatic carbocycles. The topological polar surface area (TPSA) is 43.1 Å². The third-order valence-corrected chi connectivity index (χ3v) is 3.19. The van der Waals surface area contributed by atoms with Crippen LogP contribution in [0.25, 0.3) is 0 Å². The molecule has 0 heterocycles. The van der Waals surface area contributed by atoms with Crippen LogP contribution < -0.4 is 5.73 Å². The Morgan fingerprint density at radius 2 is 1.53 bits per heavy atom. The Balaban J connectivity index is 2.94. The predicted molar refractivity (Wildman–Crippen MR) is 55.4 cm³/mol. The normalized spacial score (nSPS) is 16.1. The highest BCUT2D eigenvalue weighted by Gasteiger charge is 2.65. The van der Waals surface area contributed by atoms with Gasteiger partial charge in [-0.25, -0.2) is 0 Å². The number of aryl methyl sites for hydroxylation is 1. The molecule has 0 radical (unpaired) electrons. The lowest BCUT2D eigenvalue weighted by Gasteiger charge is -2.40. The monoisotopic (exact) mass is 275 g/mol. The number of carbonyl (C=O) groups excluding carboxylic acids is 1. The standard InChI is InChI=1S/C9H10F5NOS/c10-17(11,12,13,14)8-4-1-7(2-5-8)3-6-9(15)16/h1-2,4-5H,3,6H2,(H2,15,16). The molecule has 0 bridgehead atoms. The first-order chi connectivity index (χ1) is 7.38. The van der Waals surface area contributed by atoms with Crippen LogP contribution in [0.5, 0.6) is 0 Å². The van der Waals surface area contributed by atoms with E-state index in [-0.39, 0.29) is 12.8 Å². The van der Waals surface area contributed by atoms with Gasteiger partial charge in [0.1, 0.15) is 4.90 Å². The van der Waals surface area contributed by atoms with Crippen molar-refractivity contribution in [1.82, 2.24) is 0 Å². The van der Waals surface area contributed by atoms with Gasteiger partial charge in [-0.1, -0.05) is 31.6 Å². The van der Waals surface area contributed by atoms with E-state index in [4.69, 9.17) is 5.73 Å². The first-order valence-corrected chi connectivity index (χ1v) is 6.45. The van der Waals surface area contributed by atoms with Gasteiger partial charge in [-0.15, -0.1) is 0 Å². The van der Waals surface area contributed by atoms with Crippen LogP contribution in [0, 0.1) is 0 Å². The Hall–Kier alpha value is -1.31. The van der Waals surface area contributed by atoms with Gasteiger partial charge >= 0.3 is 10.2 Å². The number of rotatable bonds is 4. The number of amides is 1. The molecule has 1 aromatic rings. The Morgan fingerprint density at radius 1 is 1.06 bits per heavy atom. The zero-order valence-electron chi connectivity index (χ0n) is 8.51. The van der Waals surface area contributed by atoms with Gasteiger partial charge in [-0.05, 0) is 24.1 Å². The predicted octanol–water partition coefficient (Wildman–Crippen LogP) is 3.76. The van der Waals surface area contributed by atoms with E-state index in [9.17, 15) is 24.2 Å².